The van der Waals surface area contributed by atoms with Gasteiger partial charge in [-0.15, -0.1) is 11.3 Å². The van der Waals surface area contributed by atoms with Gasteiger partial charge in [-0.05, 0) is 30.4 Å². The van der Waals surface area contributed by atoms with Crippen molar-refractivity contribution in [1.29, 1.82) is 0 Å². The van der Waals surface area contributed by atoms with Gasteiger partial charge in [-0.1, -0.05) is 30.7 Å². The van der Waals surface area contributed by atoms with E-state index in [1.54, 1.807) is 11.3 Å². The van der Waals surface area contributed by atoms with E-state index in [9.17, 15) is 9.59 Å². The van der Waals surface area contributed by atoms with Crippen LogP contribution in [0.4, 0.5) is 10.5 Å². The topological polar surface area (TPSA) is 67.4 Å². The van der Waals surface area contributed by atoms with Gasteiger partial charge in [-0.2, -0.15) is 0 Å². The Balaban J connectivity index is 1.74. The van der Waals surface area contributed by atoms with Crippen LogP contribution < -0.4 is 10.6 Å². The van der Waals surface area contributed by atoms with E-state index in [0.717, 1.165) is 35.4 Å². The number of amides is 2. The summed E-state index contributed by atoms with van der Waals surface area (Å²) in [5.41, 5.74) is 1.81. The van der Waals surface area contributed by atoms with E-state index in [-0.39, 0.29) is 12.0 Å². The third kappa shape index (κ3) is 5.70. The fraction of sp³-hybridized carbons (Fsp3) is 0.333. The number of nitrogens with one attached hydrogen (secondary N) is 2. The fourth-order valence-corrected chi connectivity index (χ4v) is 3.05. The Morgan fingerprint density at radius 2 is 1.92 bits per heavy atom. The summed E-state index contributed by atoms with van der Waals surface area (Å²) in [4.78, 5) is 24.1. The predicted octanol–water partition coefficient (Wildman–Crippen LogP) is 4.27. The zero-order valence-electron chi connectivity index (χ0n) is 13.7. The summed E-state index contributed by atoms with van der Waals surface area (Å²) < 4.78 is 4.59. The van der Waals surface area contributed by atoms with E-state index in [2.05, 4.69) is 15.4 Å². The first-order chi connectivity index (χ1) is 11.7. The summed E-state index contributed by atoms with van der Waals surface area (Å²) in [5, 5.41) is 7.76. The van der Waals surface area contributed by atoms with Gasteiger partial charge in [0.25, 0.3) is 0 Å². The average molecular weight is 346 g/mol. The first kappa shape index (κ1) is 18.0. The number of unbranched alkanes of at least 4 members (excludes halogenated alkanes) is 2. The molecular formula is C18H22N2O3S. The van der Waals surface area contributed by atoms with E-state index in [0.29, 0.717) is 13.0 Å². The third-order valence-electron chi connectivity index (χ3n) is 3.53. The minimum Gasteiger partial charge on any atom is -0.469 e. The highest BCUT2D eigenvalue weighted by Crippen LogP contribution is 2.31. The fourth-order valence-electron chi connectivity index (χ4n) is 2.28. The van der Waals surface area contributed by atoms with E-state index >= 15 is 0 Å². The van der Waals surface area contributed by atoms with Crippen LogP contribution in [0.2, 0.25) is 0 Å². The molecule has 2 aromatic rings. The Bertz CT molecular complexity index is 656. The molecule has 0 saturated carbocycles. The number of benzene rings is 1. The van der Waals surface area contributed by atoms with Gasteiger partial charge < -0.3 is 15.4 Å². The standard InChI is InChI=1S/C18H22N2O3S/c1-23-17(21)11-3-2-6-12-19-18(22)20-15-9-5-4-8-14(15)16-10-7-13-24-16/h4-5,7-10,13H,2-3,6,11-12H2,1H3,(H2,19,20,22). The summed E-state index contributed by atoms with van der Waals surface area (Å²) in [5.74, 6) is -0.189. The van der Waals surface area contributed by atoms with Crippen molar-refractivity contribution in [3.63, 3.8) is 0 Å². The van der Waals surface area contributed by atoms with Crippen molar-refractivity contribution in [2.24, 2.45) is 0 Å². The zero-order chi connectivity index (χ0) is 17.2. The second kappa shape index (κ2) is 9.72. The highest BCUT2D eigenvalue weighted by Gasteiger charge is 2.08. The first-order valence-electron chi connectivity index (χ1n) is 7.95. The van der Waals surface area contributed by atoms with Gasteiger partial charge in [0.05, 0.1) is 12.8 Å². The zero-order valence-corrected chi connectivity index (χ0v) is 14.5. The van der Waals surface area contributed by atoms with E-state index in [4.69, 9.17) is 0 Å². The van der Waals surface area contributed by atoms with Crippen molar-refractivity contribution in [1.82, 2.24) is 5.32 Å². The molecule has 24 heavy (non-hydrogen) atoms. The van der Waals surface area contributed by atoms with Gasteiger partial charge in [-0.3, -0.25) is 4.79 Å². The highest BCUT2D eigenvalue weighted by atomic mass is 32.1. The maximum atomic E-state index is 12.0. The molecule has 2 N–H and O–H groups in total. The van der Waals surface area contributed by atoms with Crippen molar-refractivity contribution in [3.05, 3.63) is 41.8 Å². The van der Waals surface area contributed by atoms with Crippen LogP contribution in [0.3, 0.4) is 0 Å². The molecular weight excluding hydrogens is 324 g/mol. The number of urea groups is 1. The second-order valence-electron chi connectivity index (χ2n) is 5.29. The lowest BCUT2D eigenvalue weighted by Crippen LogP contribution is -2.29. The summed E-state index contributed by atoms with van der Waals surface area (Å²) in [6.07, 6.45) is 2.91. The first-order valence-corrected chi connectivity index (χ1v) is 8.83. The molecule has 2 amide bonds. The Labute approximate surface area is 146 Å². The van der Waals surface area contributed by atoms with Gasteiger partial charge in [0.15, 0.2) is 0 Å². The number of carbonyl (C=O) groups is 2. The normalized spacial score (nSPS) is 10.2. The van der Waals surface area contributed by atoms with Crippen molar-refractivity contribution in [3.8, 4) is 10.4 Å². The van der Waals surface area contributed by atoms with Crippen molar-refractivity contribution < 1.29 is 14.3 Å². The van der Waals surface area contributed by atoms with Gasteiger partial charge in [0.2, 0.25) is 0 Å². The molecule has 1 heterocycles. The smallest absolute Gasteiger partial charge is 0.319 e. The predicted molar refractivity (Wildman–Crippen MR) is 97.3 cm³/mol. The van der Waals surface area contributed by atoms with Gasteiger partial charge >= 0.3 is 12.0 Å². The quantitative estimate of drug-likeness (QED) is 0.554. The van der Waals surface area contributed by atoms with Crippen LogP contribution in [0.15, 0.2) is 41.8 Å². The van der Waals surface area contributed by atoms with Gasteiger partial charge in [-0.25, -0.2) is 4.79 Å². The number of hydrogen-bond acceptors (Lipinski definition) is 4. The van der Waals surface area contributed by atoms with Crippen molar-refractivity contribution in [2.45, 2.75) is 25.7 Å². The molecule has 0 spiro atoms. The highest BCUT2D eigenvalue weighted by molar-refractivity contribution is 7.13. The largest absolute Gasteiger partial charge is 0.469 e. The summed E-state index contributed by atoms with van der Waals surface area (Å²) in [7, 11) is 1.39. The lowest BCUT2D eigenvalue weighted by Gasteiger charge is -2.11. The van der Waals surface area contributed by atoms with Crippen LogP contribution in [0, 0.1) is 0 Å². The Morgan fingerprint density at radius 3 is 2.67 bits per heavy atom. The lowest BCUT2D eigenvalue weighted by molar-refractivity contribution is -0.140. The number of carbonyl (C=O) groups excluding carboxylic acids is 2. The maximum Gasteiger partial charge on any atom is 0.319 e. The second-order valence-corrected chi connectivity index (χ2v) is 6.24. The molecule has 1 aromatic heterocycles. The van der Waals surface area contributed by atoms with Crippen molar-refractivity contribution >= 4 is 29.0 Å². The average Bonchev–Trinajstić information content (AvgIpc) is 3.12. The Kier molecular flexibility index (Phi) is 7.29. The van der Waals surface area contributed by atoms with Crippen LogP contribution in [-0.4, -0.2) is 25.7 Å². The van der Waals surface area contributed by atoms with Crippen LogP contribution in [0.25, 0.3) is 10.4 Å². The number of esters is 1. The molecule has 0 saturated heterocycles. The van der Waals surface area contributed by atoms with Crippen LogP contribution in [0.5, 0.6) is 0 Å². The lowest BCUT2D eigenvalue weighted by atomic mass is 10.1. The molecule has 128 valence electrons. The molecule has 1 aromatic carbocycles. The number of anilines is 1. The maximum absolute atomic E-state index is 12.0. The molecule has 0 unspecified atom stereocenters. The van der Waals surface area contributed by atoms with Crippen LogP contribution in [0.1, 0.15) is 25.7 Å². The molecule has 0 atom stereocenters. The molecule has 6 heteroatoms. The molecule has 0 radical (unpaired) electrons. The van der Waals surface area contributed by atoms with Crippen LogP contribution >= 0.6 is 11.3 Å². The molecule has 0 fully saturated rings. The number of hydrogen-bond donors (Lipinski definition) is 2. The Morgan fingerprint density at radius 1 is 1.08 bits per heavy atom. The van der Waals surface area contributed by atoms with Gasteiger partial charge in [0.1, 0.15) is 0 Å². The number of thiophene rings is 1. The summed E-state index contributed by atoms with van der Waals surface area (Å²) in [6, 6.07) is 11.6. The molecule has 5 nitrogen and oxygen atoms in total. The summed E-state index contributed by atoms with van der Waals surface area (Å²) in [6.45, 7) is 0.578. The molecule has 0 aliphatic carbocycles. The minimum absolute atomic E-state index is 0.189. The summed E-state index contributed by atoms with van der Waals surface area (Å²) >= 11 is 1.64. The van der Waals surface area contributed by atoms with E-state index in [1.807, 2.05) is 41.8 Å². The van der Waals surface area contributed by atoms with Gasteiger partial charge in [0, 0.05) is 23.4 Å². The molecule has 2 rings (SSSR count). The monoisotopic (exact) mass is 346 g/mol. The SMILES string of the molecule is COC(=O)CCCCCNC(=O)Nc1ccccc1-c1cccs1. The third-order valence-corrected chi connectivity index (χ3v) is 4.44. The van der Waals surface area contributed by atoms with Crippen molar-refractivity contribution in [2.75, 3.05) is 19.0 Å². The molecule has 0 bridgehead atoms. The minimum atomic E-state index is -0.216. The van der Waals surface area contributed by atoms with Crippen LogP contribution in [-0.2, 0) is 9.53 Å². The molecule has 0 aliphatic heterocycles. The van der Waals surface area contributed by atoms with E-state index in [1.165, 1.54) is 7.11 Å². The number of para-hydroxylation sites is 1. The number of rotatable bonds is 8. The Hall–Kier alpha value is -2.34. The van der Waals surface area contributed by atoms with E-state index < -0.39 is 0 Å². The number of methoxy groups -OCH3 is 1. The molecule has 0 aliphatic rings. The number of ether oxygens (including phenoxy) is 1.